The number of benzene rings is 1. The lowest BCUT2D eigenvalue weighted by atomic mass is 10.3. The number of aryl methyl sites for hydroxylation is 1. The van der Waals surface area contributed by atoms with Crippen molar-refractivity contribution in [1.29, 1.82) is 0 Å². The van der Waals surface area contributed by atoms with Gasteiger partial charge in [-0.25, -0.2) is 4.63 Å². The van der Waals surface area contributed by atoms with Gasteiger partial charge in [0, 0.05) is 4.47 Å². The van der Waals surface area contributed by atoms with Gasteiger partial charge in [0.05, 0.1) is 5.69 Å². The molecule has 2 rings (SSSR count). The van der Waals surface area contributed by atoms with E-state index in [9.17, 15) is 4.79 Å². The van der Waals surface area contributed by atoms with Gasteiger partial charge in [-0.2, -0.15) is 0 Å². The Labute approximate surface area is 99.9 Å². The maximum atomic E-state index is 11.8. The minimum absolute atomic E-state index is 0.191. The van der Waals surface area contributed by atoms with E-state index in [1.165, 1.54) is 0 Å². The third-order valence-electron chi connectivity index (χ3n) is 1.99. The number of rotatable bonds is 2. The maximum absolute atomic E-state index is 11.8. The number of carbonyl (C=O) groups is 1. The molecule has 1 aromatic heterocycles. The molecule has 0 unspecified atom stereocenters. The van der Waals surface area contributed by atoms with Crippen LogP contribution in [0, 0.1) is 6.92 Å². The summed E-state index contributed by atoms with van der Waals surface area (Å²) >= 11 is 3.33. The molecule has 0 saturated carbocycles. The number of carbonyl (C=O) groups excluding carboxylic acids is 1. The third-order valence-corrected chi connectivity index (χ3v) is 2.68. The molecule has 0 aliphatic rings. The third kappa shape index (κ3) is 2.11. The fourth-order valence-corrected chi connectivity index (χ4v) is 1.57. The van der Waals surface area contributed by atoms with Gasteiger partial charge in [-0.1, -0.05) is 17.3 Å². The molecule has 2 aromatic rings. The van der Waals surface area contributed by atoms with Crippen molar-refractivity contribution in [3.8, 4) is 0 Å². The first-order valence-corrected chi connectivity index (χ1v) is 5.33. The SMILES string of the molecule is Cc1nonc1C(=O)Nc1ccccc1Br. The van der Waals surface area contributed by atoms with Gasteiger partial charge >= 0.3 is 0 Å². The summed E-state index contributed by atoms with van der Waals surface area (Å²) in [6.07, 6.45) is 0. The van der Waals surface area contributed by atoms with E-state index in [0.717, 1.165) is 4.47 Å². The van der Waals surface area contributed by atoms with E-state index in [4.69, 9.17) is 0 Å². The minimum Gasteiger partial charge on any atom is -0.319 e. The van der Waals surface area contributed by atoms with E-state index in [1.54, 1.807) is 13.0 Å². The first-order valence-electron chi connectivity index (χ1n) is 4.53. The van der Waals surface area contributed by atoms with Crippen LogP contribution in [0.15, 0.2) is 33.4 Å². The Bertz CT molecular complexity index is 524. The highest BCUT2D eigenvalue weighted by atomic mass is 79.9. The van der Waals surface area contributed by atoms with Crippen molar-refractivity contribution in [2.24, 2.45) is 0 Å². The van der Waals surface area contributed by atoms with Crippen molar-refractivity contribution in [3.63, 3.8) is 0 Å². The van der Waals surface area contributed by atoms with Crippen LogP contribution in [0.2, 0.25) is 0 Å². The monoisotopic (exact) mass is 281 g/mol. The van der Waals surface area contributed by atoms with Gasteiger partial charge in [0.15, 0.2) is 5.69 Å². The first-order chi connectivity index (χ1) is 7.68. The quantitative estimate of drug-likeness (QED) is 0.918. The minimum atomic E-state index is -0.342. The smallest absolute Gasteiger partial charge is 0.279 e. The molecule has 6 heteroatoms. The van der Waals surface area contributed by atoms with Crippen molar-refractivity contribution in [1.82, 2.24) is 10.3 Å². The zero-order valence-corrected chi connectivity index (χ0v) is 9.98. The van der Waals surface area contributed by atoms with Crippen molar-refractivity contribution < 1.29 is 9.42 Å². The van der Waals surface area contributed by atoms with Gasteiger partial charge in [-0.05, 0) is 40.1 Å². The number of para-hydroxylation sites is 1. The number of anilines is 1. The topological polar surface area (TPSA) is 68.0 Å². The molecular weight excluding hydrogens is 274 g/mol. The van der Waals surface area contributed by atoms with Crippen LogP contribution in [0.1, 0.15) is 16.2 Å². The van der Waals surface area contributed by atoms with E-state index in [1.807, 2.05) is 18.2 Å². The molecule has 0 aliphatic carbocycles. The van der Waals surface area contributed by atoms with Crippen molar-refractivity contribution in [3.05, 3.63) is 40.1 Å². The number of nitrogens with one attached hydrogen (secondary N) is 1. The number of hydrogen-bond donors (Lipinski definition) is 1. The van der Waals surface area contributed by atoms with Gasteiger partial charge in [0.1, 0.15) is 5.69 Å². The molecule has 1 amide bonds. The predicted molar refractivity (Wildman–Crippen MR) is 61.1 cm³/mol. The fourth-order valence-electron chi connectivity index (χ4n) is 1.18. The summed E-state index contributed by atoms with van der Waals surface area (Å²) in [5.41, 5.74) is 1.33. The van der Waals surface area contributed by atoms with Crippen LogP contribution in [-0.2, 0) is 0 Å². The Kier molecular flexibility index (Phi) is 3.00. The van der Waals surface area contributed by atoms with Crippen LogP contribution in [0.3, 0.4) is 0 Å². The normalized spacial score (nSPS) is 10.1. The highest BCUT2D eigenvalue weighted by Crippen LogP contribution is 2.21. The van der Waals surface area contributed by atoms with Crippen LogP contribution in [0.4, 0.5) is 5.69 Å². The first kappa shape index (κ1) is 10.8. The Morgan fingerprint density at radius 1 is 1.38 bits per heavy atom. The number of hydrogen-bond acceptors (Lipinski definition) is 4. The molecule has 0 fully saturated rings. The summed E-state index contributed by atoms with van der Waals surface area (Å²) in [5, 5.41) is 9.78. The van der Waals surface area contributed by atoms with Gasteiger partial charge in [-0.3, -0.25) is 4.79 Å². The van der Waals surface area contributed by atoms with Crippen molar-refractivity contribution >= 4 is 27.5 Å². The summed E-state index contributed by atoms with van der Waals surface area (Å²) in [6.45, 7) is 1.66. The summed E-state index contributed by atoms with van der Waals surface area (Å²) in [7, 11) is 0. The van der Waals surface area contributed by atoms with Gasteiger partial charge in [-0.15, -0.1) is 0 Å². The highest BCUT2D eigenvalue weighted by molar-refractivity contribution is 9.10. The van der Waals surface area contributed by atoms with Crippen LogP contribution < -0.4 is 5.32 Å². The van der Waals surface area contributed by atoms with Gasteiger partial charge in [0.25, 0.3) is 5.91 Å². The Morgan fingerprint density at radius 3 is 2.75 bits per heavy atom. The molecular formula is C10H8BrN3O2. The molecule has 0 aliphatic heterocycles. The Hall–Kier alpha value is -1.69. The molecule has 0 atom stereocenters. The number of aromatic nitrogens is 2. The predicted octanol–water partition coefficient (Wildman–Crippen LogP) is 2.39. The number of halogens is 1. The average molecular weight is 282 g/mol. The average Bonchev–Trinajstić information content (AvgIpc) is 2.68. The molecule has 0 radical (unpaired) electrons. The Morgan fingerprint density at radius 2 is 2.12 bits per heavy atom. The van der Waals surface area contributed by atoms with E-state index in [-0.39, 0.29) is 11.6 Å². The number of amides is 1. The zero-order chi connectivity index (χ0) is 11.5. The number of nitrogens with zero attached hydrogens (tertiary/aromatic N) is 2. The van der Waals surface area contributed by atoms with Crippen LogP contribution in [0.5, 0.6) is 0 Å². The summed E-state index contributed by atoms with van der Waals surface area (Å²) < 4.78 is 5.27. The molecule has 0 saturated heterocycles. The second kappa shape index (κ2) is 4.44. The zero-order valence-electron chi connectivity index (χ0n) is 8.40. The molecule has 0 bridgehead atoms. The molecule has 16 heavy (non-hydrogen) atoms. The molecule has 0 spiro atoms. The van der Waals surface area contributed by atoms with Crippen LogP contribution in [-0.4, -0.2) is 16.2 Å². The maximum Gasteiger partial charge on any atom is 0.279 e. The van der Waals surface area contributed by atoms with Crippen molar-refractivity contribution in [2.45, 2.75) is 6.92 Å². The lowest BCUT2D eigenvalue weighted by Crippen LogP contribution is -2.13. The van der Waals surface area contributed by atoms with E-state index >= 15 is 0 Å². The summed E-state index contributed by atoms with van der Waals surface area (Å²) in [5.74, 6) is -0.342. The lowest BCUT2D eigenvalue weighted by Gasteiger charge is -2.04. The second-order valence-corrected chi connectivity index (χ2v) is 3.99. The Balaban J connectivity index is 2.21. The molecule has 1 aromatic carbocycles. The standard InChI is InChI=1S/C10H8BrN3O2/c1-6-9(14-16-13-6)10(15)12-8-5-3-2-4-7(8)11/h2-5H,1H3,(H,12,15). The van der Waals surface area contributed by atoms with Crippen LogP contribution >= 0.6 is 15.9 Å². The lowest BCUT2D eigenvalue weighted by molar-refractivity contribution is 0.101. The van der Waals surface area contributed by atoms with Gasteiger partial charge in [0.2, 0.25) is 0 Å². The summed E-state index contributed by atoms with van der Waals surface area (Å²) in [4.78, 5) is 11.8. The van der Waals surface area contributed by atoms with Crippen LogP contribution in [0.25, 0.3) is 0 Å². The second-order valence-electron chi connectivity index (χ2n) is 3.13. The van der Waals surface area contributed by atoms with E-state index in [0.29, 0.717) is 11.4 Å². The van der Waals surface area contributed by atoms with E-state index in [2.05, 4.69) is 36.2 Å². The molecule has 1 heterocycles. The molecule has 82 valence electrons. The fraction of sp³-hybridized carbons (Fsp3) is 0.100. The highest BCUT2D eigenvalue weighted by Gasteiger charge is 2.15. The van der Waals surface area contributed by atoms with E-state index < -0.39 is 0 Å². The van der Waals surface area contributed by atoms with Gasteiger partial charge < -0.3 is 5.32 Å². The molecule has 1 N–H and O–H groups in total. The largest absolute Gasteiger partial charge is 0.319 e. The molecule has 5 nitrogen and oxygen atoms in total. The summed E-state index contributed by atoms with van der Waals surface area (Å²) in [6, 6.07) is 7.31. The van der Waals surface area contributed by atoms with Crippen molar-refractivity contribution in [2.75, 3.05) is 5.32 Å².